The molecule has 0 amide bonds. The number of benzene rings is 1. The first kappa shape index (κ1) is 28.7. The van der Waals surface area contributed by atoms with Gasteiger partial charge in [0.25, 0.3) is 0 Å². The molecule has 34 heavy (non-hydrogen) atoms. The molecule has 2 rings (SSSR count). The van der Waals surface area contributed by atoms with Crippen LogP contribution in [0.3, 0.4) is 0 Å². The molecular weight excluding hydrogens is 448 g/mol. The summed E-state index contributed by atoms with van der Waals surface area (Å²) in [7, 11) is 1.32. The number of methoxy groups -OCH3 is 2. The summed E-state index contributed by atoms with van der Waals surface area (Å²) in [6.07, 6.45) is 6.66. The van der Waals surface area contributed by atoms with E-state index in [0.29, 0.717) is 19.4 Å². The van der Waals surface area contributed by atoms with Crippen LogP contribution in [-0.2, 0) is 18.6 Å². The minimum absolute atomic E-state index is 0.0745. The maximum Gasteiger partial charge on any atom is 0.192 e. The average molecular weight is 493 g/mol. The molecule has 1 aromatic rings. The Morgan fingerprint density at radius 2 is 1.74 bits per heavy atom. The second-order valence-corrected chi connectivity index (χ2v) is 15.6. The topological polar surface area (TPSA) is 55.4 Å². The summed E-state index contributed by atoms with van der Waals surface area (Å²) < 4.78 is 36.6. The first-order valence-corrected chi connectivity index (χ1v) is 15.0. The fourth-order valence-corrected chi connectivity index (χ4v) is 5.11. The van der Waals surface area contributed by atoms with Crippen LogP contribution in [0.5, 0.6) is 11.5 Å². The van der Waals surface area contributed by atoms with E-state index in [1.165, 1.54) is 0 Å². The summed E-state index contributed by atoms with van der Waals surface area (Å²) in [6.45, 7) is 15.5. The van der Waals surface area contributed by atoms with Crippen LogP contribution in [0.4, 0.5) is 0 Å². The van der Waals surface area contributed by atoms with Crippen molar-refractivity contribution in [2.45, 2.75) is 102 Å². The van der Waals surface area contributed by atoms with Gasteiger partial charge in [-0.25, -0.2) is 0 Å². The third-order valence-corrected chi connectivity index (χ3v) is 11.3. The van der Waals surface area contributed by atoms with Crippen LogP contribution in [0.15, 0.2) is 24.3 Å². The van der Waals surface area contributed by atoms with Crippen LogP contribution in [-0.4, -0.2) is 59.3 Å². The van der Waals surface area contributed by atoms with Crippen molar-refractivity contribution < 1.29 is 28.1 Å². The zero-order chi connectivity index (χ0) is 25.6. The quantitative estimate of drug-likeness (QED) is 0.271. The minimum Gasteiger partial charge on any atom is -0.497 e. The Kier molecular flexibility index (Phi) is 10.0. The Bertz CT molecular complexity index is 793. The molecule has 0 spiro atoms. The third-order valence-electron chi connectivity index (χ3n) is 6.80. The highest BCUT2D eigenvalue weighted by Crippen LogP contribution is 2.39. The van der Waals surface area contributed by atoms with Crippen LogP contribution < -0.4 is 9.47 Å². The van der Waals surface area contributed by atoms with Gasteiger partial charge in [-0.05, 0) is 62.7 Å². The molecule has 0 bridgehead atoms. The molecule has 0 aliphatic carbocycles. The maximum atomic E-state index is 6.82. The molecule has 0 aromatic heterocycles. The zero-order valence-corrected chi connectivity index (χ0v) is 23.5. The fourth-order valence-electron chi connectivity index (χ4n) is 3.73. The number of terminal acetylenes is 1. The molecule has 4 atom stereocenters. The molecule has 1 fully saturated rings. The molecular formula is C27H44O6Si. The van der Waals surface area contributed by atoms with Gasteiger partial charge in [-0.1, -0.05) is 20.8 Å². The van der Waals surface area contributed by atoms with E-state index < -0.39 is 14.1 Å². The van der Waals surface area contributed by atoms with E-state index in [1.807, 2.05) is 38.1 Å². The average Bonchev–Trinajstić information content (AvgIpc) is 3.13. The van der Waals surface area contributed by atoms with Crippen LogP contribution in [0.1, 0.15) is 53.9 Å². The monoisotopic (exact) mass is 492 g/mol. The van der Waals surface area contributed by atoms with Gasteiger partial charge in [-0.3, -0.25) is 0 Å². The number of hydrogen-bond donors (Lipinski definition) is 0. The van der Waals surface area contributed by atoms with E-state index in [-0.39, 0.29) is 29.5 Å². The third kappa shape index (κ3) is 7.99. The van der Waals surface area contributed by atoms with Crippen LogP contribution in [0.25, 0.3) is 0 Å². The zero-order valence-electron chi connectivity index (χ0n) is 22.5. The predicted octanol–water partition coefficient (Wildman–Crippen LogP) is 5.80. The van der Waals surface area contributed by atoms with E-state index in [9.17, 15) is 0 Å². The molecule has 7 heteroatoms. The Morgan fingerprint density at radius 1 is 1.12 bits per heavy atom. The fraction of sp³-hybridized carbons (Fsp3) is 0.704. The lowest BCUT2D eigenvalue weighted by atomic mass is 9.99. The van der Waals surface area contributed by atoms with Crippen molar-refractivity contribution in [3.63, 3.8) is 0 Å². The Hall–Kier alpha value is -1.56. The highest BCUT2D eigenvalue weighted by Gasteiger charge is 2.43. The van der Waals surface area contributed by atoms with E-state index in [1.54, 1.807) is 14.2 Å². The summed E-state index contributed by atoms with van der Waals surface area (Å²) in [6, 6.07) is 7.56. The molecule has 1 aliphatic rings. The Balaban J connectivity index is 2.28. The smallest absolute Gasteiger partial charge is 0.192 e. The van der Waals surface area contributed by atoms with Crippen LogP contribution >= 0.6 is 0 Å². The van der Waals surface area contributed by atoms with Gasteiger partial charge in [0.1, 0.15) is 23.7 Å². The molecule has 1 aromatic carbocycles. The van der Waals surface area contributed by atoms with Gasteiger partial charge in [-0.15, -0.1) is 12.3 Å². The standard InChI is InChI=1S/C27H44O6Si/c1-11-12-13-22(33-34(9,10)26(2,3)4)23(29-8)18-24(25-19-30-27(5,6)32-25)31-21-16-14-20(28-7)15-17-21/h1,14-17,22-25H,12-13,18-19H2,2-10H3/t22-,23-,24-,25-/m0/s1. The van der Waals surface area contributed by atoms with Crippen molar-refractivity contribution in [1.29, 1.82) is 0 Å². The summed E-state index contributed by atoms with van der Waals surface area (Å²) in [5.41, 5.74) is 0. The largest absolute Gasteiger partial charge is 0.497 e. The van der Waals surface area contributed by atoms with Gasteiger partial charge in [0.15, 0.2) is 14.1 Å². The highest BCUT2D eigenvalue weighted by molar-refractivity contribution is 6.74. The van der Waals surface area contributed by atoms with E-state index in [2.05, 4.69) is 39.8 Å². The molecule has 0 unspecified atom stereocenters. The Morgan fingerprint density at radius 3 is 2.21 bits per heavy atom. The summed E-state index contributed by atoms with van der Waals surface area (Å²) >= 11 is 0. The van der Waals surface area contributed by atoms with Gasteiger partial charge in [0.05, 0.1) is 25.9 Å². The number of ether oxygens (including phenoxy) is 5. The van der Waals surface area contributed by atoms with Gasteiger partial charge in [0.2, 0.25) is 0 Å². The predicted molar refractivity (Wildman–Crippen MR) is 138 cm³/mol. The Labute approximate surface area is 207 Å². The van der Waals surface area contributed by atoms with Crippen molar-refractivity contribution in [1.82, 2.24) is 0 Å². The molecule has 0 N–H and O–H groups in total. The normalized spacial score (nSPS) is 20.9. The van der Waals surface area contributed by atoms with Crippen molar-refractivity contribution in [3.05, 3.63) is 24.3 Å². The van der Waals surface area contributed by atoms with Crippen LogP contribution in [0, 0.1) is 12.3 Å². The molecule has 1 saturated heterocycles. The first-order chi connectivity index (χ1) is 15.8. The lowest BCUT2D eigenvalue weighted by Gasteiger charge is -2.42. The SMILES string of the molecule is C#CCC[C@H](O[Si](C)(C)C(C)(C)C)[C@H](C[C@H](Oc1ccc(OC)cc1)[C@@H]1COC(C)(C)O1)OC. The lowest BCUT2D eigenvalue weighted by Crippen LogP contribution is -2.49. The maximum absolute atomic E-state index is 6.82. The summed E-state index contributed by atoms with van der Waals surface area (Å²) in [5.74, 6) is 3.62. The molecule has 1 aliphatic heterocycles. The molecule has 0 radical (unpaired) electrons. The summed E-state index contributed by atoms with van der Waals surface area (Å²) in [4.78, 5) is 0. The molecule has 0 saturated carbocycles. The van der Waals surface area contributed by atoms with Crippen molar-refractivity contribution in [3.8, 4) is 23.8 Å². The second kappa shape index (κ2) is 11.9. The van der Waals surface area contributed by atoms with Gasteiger partial charge in [-0.2, -0.15) is 0 Å². The number of hydrogen-bond acceptors (Lipinski definition) is 6. The lowest BCUT2D eigenvalue weighted by molar-refractivity contribution is -0.152. The molecule has 192 valence electrons. The van der Waals surface area contributed by atoms with Crippen molar-refractivity contribution >= 4 is 8.32 Å². The van der Waals surface area contributed by atoms with E-state index in [4.69, 9.17) is 34.5 Å². The highest BCUT2D eigenvalue weighted by atomic mass is 28.4. The first-order valence-electron chi connectivity index (χ1n) is 12.1. The summed E-state index contributed by atoms with van der Waals surface area (Å²) in [5, 5.41) is 0.0745. The molecule has 1 heterocycles. The molecule has 6 nitrogen and oxygen atoms in total. The van der Waals surface area contributed by atoms with Gasteiger partial charge < -0.3 is 28.1 Å². The van der Waals surface area contributed by atoms with E-state index >= 15 is 0 Å². The van der Waals surface area contributed by atoms with Crippen molar-refractivity contribution in [2.24, 2.45) is 0 Å². The van der Waals surface area contributed by atoms with E-state index in [0.717, 1.165) is 17.9 Å². The van der Waals surface area contributed by atoms with Crippen LogP contribution in [0.2, 0.25) is 18.1 Å². The second-order valence-electron chi connectivity index (χ2n) is 10.9. The van der Waals surface area contributed by atoms with Gasteiger partial charge in [0, 0.05) is 20.0 Å². The van der Waals surface area contributed by atoms with Crippen molar-refractivity contribution in [2.75, 3.05) is 20.8 Å². The number of rotatable bonds is 12. The van der Waals surface area contributed by atoms with Gasteiger partial charge >= 0.3 is 0 Å². The minimum atomic E-state index is -2.05.